The van der Waals surface area contributed by atoms with E-state index in [1.807, 2.05) is 19.1 Å². The maximum Gasteiger partial charge on any atom is 0.113 e. The van der Waals surface area contributed by atoms with Gasteiger partial charge in [-0.1, -0.05) is 38.1 Å². The molecule has 1 aromatic rings. The molecule has 0 aliphatic carbocycles. The van der Waals surface area contributed by atoms with Gasteiger partial charge in [0.1, 0.15) is 5.60 Å². The molecule has 0 aliphatic heterocycles. The van der Waals surface area contributed by atoms with E-state index in [1.54, 1.807) is 7.11 Å². The van der Waals surface area contributed by atoms with E-state index in [2.05, 4.69) is 19.1 Å². The molecule has 2 nitrogen and oxygen atoms in total. The van der Waals surface area contributed by atoms with E-state index in [0.717, 1.165) is 12.0 Å². The number of methoxy groups -OCH3 is 1. The minimum atomic E-state index is -0.846. The molecule has 0 bridgehead atoms. The first-order chi connectivity index (χ1) is 7.16. The highest BCUT2D eigenvalue weighted by Crippen LogP contribution is 2.25. The van der Waals surface area contributed by atoms with Crippen molar-refractivity contribution in [3.05, 3.63) is 35.4 Å². The molecular formula is C13H20O2. The number of aryl methyl sites for hydroxylation is 1. The van der Waals surface area contributed by atoms with E-state index in [9.17, 15) is 5.11 Å². The third kappa shape index (κ3) is 2.80. The van der Waals surface area contributed by atoms with Crippen molar-refractivity contribution in [3.8, 4) is 0 Å². The Morgan fingerprint density at radius 3 is 2.20 bits per heavy atom. The lowest BCUT2D eigenvalue weighted by Crippen LogP contribution is -2.30. The van der Waals surface area contributed by atoms with Crippen molar-refractivity contribution in [2.75, 3.05) is 13.7 Å². The van der Waals surface area contributed by atoms with Crippen molar-refractivity contribution in [2.24, 2.45) is 0 Å². The molecule has 1 unspecified atom stereocenters. The molecule has 0 aromatic heterocycles. The monoisotopic (exact) mass is 208 g/mol. The zero-order valence-electron chi connectivity index (χ0n) is 9.79. The van der Waals surface area contributed by atoms with E-state index >= 15 is 0 Å². The number of hydrogen-bond acceptors (Lipinski definition) is 2. The molecule has 2 heteroatoms. The van der Waals surface area contributed by atoms with Crippen LogP contribution in [-0.4, -0.2) is 18.8 Å². The summed E-state index contributed by atoms with van der Waals surface area (Å²) in [4.78, 5) is 0. The van der Waals surface area contributed by atoms with Crippen molar-refractivity contribution < 1.29 is 9.84 Å². The van der Waals surface area contributed by atoms with Gasteiger partial charge in [0.2, 0.25) is 0 Å². The molecule has 0 aliphatic rings. The second kappa shape index (κ2) is 5.29. The zero-order chi connectivity index (χ0) is 11.3. The minimum Gasteiger partial charge on any atom is -0.383 e. The summed E-state index contributed by atoms with van der Waals surface area (Å²) >= 11 is 0. The standard InChI is InChI=1S/C13H20O2/c1-4-11-6-8-12(9-7-11)13(14,5-2)10-15-3/h6-9,14H,4-5,10H2,1-3H3. The summed E-state index contributed by atoms with van der Waals surface area (Å²) in [5.41, 5.74) is 1.37. The van der Waals surface area contributed by atoms with Crippen molar-refractivity contribution >= 4 is 0 Å². The van der Waals surface area contributed by atoms with Gasteiger partial charge in [-0.05, 0) is 24.0 Å². The van der Waals surface area contributed by atoms with E-state index in [1.165, 1.54) is 5.56 Å². The summed E-state index contributed by atoms with van der Waals surface area (Å²) in [6.45, 7) is 4.43. The average molecular weight is 208 g/mol. The first-order valence-electron chi connectivity index (χ1n) is 5.47. The smallest absolute Gasteiger partial charge is 0.113 e. The lowest BCUT2D eigenvalue weighted by atomic mass is 9.91. The summed E-state index contributed by atoms with van der Waals surface area (Å²) < 4.78 is 5.06. The van der Waals surface area contributed by atoms with Crippen LogP contribution in [0.3, 0.4) is 0 Å². The van der Waals surface area contributed by atoms with Gasteiger partial charge < -0.3 is 9.84 Å². The Balaban J connectivity index is 2.92. The van der Waals surface area contributed by atoms with E-state index in [0.29, 0.717) is 13.0 Å². The van der Waals surface area contributed by atoms with Crippen LogP contribution in [0, 0.1) is 0 Å². The summed E-state index contributed by atoms with van der Waals surface area (Å²) in [6.07, 6.45) is 1.68. The molecule has 0 radical (unpaired) electrons. The van der Waals surface area contributed by atoms with Gasteiger partial charge >= 0.3 is 0 Å². The van der Waals surface area contributed by atoms with Crippen LogP contribution >= 0.6 is 0 Å². The second-order valence-corrected chi connectivity index (χ2v) is 3.87. The second-order valence-electron chi connectivity index (χ2n) is 3.87. The molecule has 0 saturated carbocycles. The summed E-state index contributed by atoms with van der Waals surface area (Å²) in [7, 11) is 1.61. The van der Waals surface area contributed by atoms with Crippen molar-refractivity contribution in [1.29, 1.82) is 0 Å². The fraction of sp³-hybridized carbons (Fsp3) is 0.538. The fourth-order valence-electron chi connectivity index (χ4n) is 1.68. The normalized spacial score (nSPS) is 14.9. The van der Waals surface area contributed by atoms with Crippen LogP contribution < -0.4 is 0 Å². The first kappa shape index (κ1) is 12.2. The predicted octanol–water partition coefficient (Wildman–Crippen LogP) is 2.49. The SMILES string of the molecule is CCc1ccc(C(O)(CC)COC)cc1. The number of hydrogen-bond donors (Lipinski definition) is 1. The van der Waals surface area contributed by atoms with Crippen molar-refractivity contribution in [1.82, 2.24) is 0 Å². The van der Waals surface area contributed by atoms with E-state index in [4.69, 9.17) is 4.74 Å². The third-order valence-electron chi connectivity index (χ3n) is 2.87. The highest BCUT2D eigenvalue weighted by molar-refractivity contribution is 5.27. The van der Waals surface area contributed by atoms with Gasteiger partial charge in [0.25, 0.3) is 0 Å². The van der Waals surface area contributed by atoms with E-state index in [-0.39, 0.29) is 0 Å². The van der Waals surface area contributed by atoms with Gasteiger partial charge in [0, 0.05) is 7.11 Å². The molecular weight excluding hydrogens is 188 g/mol. The fourth-order valence-corrected chi connectivity index (χ4v) is 1.68. The molecule has 1 rings (SSSR count). The summed E-state index contributed by atoms with van der Waals surface area (Å²) in [6, 6.07) is 8.10. The highest BCUT2D eigenvalue weighted by Gasteiger charge is 2.26. The van der Waals surface area contributed by atoms with Crippen molar-refractivity contribution in [2.45, 2.75) is 32.3 Å². The molecule has 0 amide bonds. The number of aliphatic hydroxyl groups is 1. The maximum atomic E-state index is 10.3. The molecule has 1 aromatic carbocycles. The Labute approximate surface area is 91.9 Å². The van der Waals surface area contributed by atoms with Crippen LogP contribution in [0.1, 0.15) is 31.4 Å². The van der Waals surface area contributed by atoms with Gasteiger partial charge in [-0.25, -0.2) is 0 Å². The lowest BCUT2D eigenvalue weighted by molar-refractivity contribution is -0.0386. The van der Waals surface area contributed by atoms with Crippen LogP contribution in [0.15, 0.2) is 24.3 Å². The number of rotatable bonds is 5. The molecule has 15 heavy (non-hydrogen) atoms. The van der Waals surface area contributed by atoms with Gasteiger partial charge in [0.05, 0.1) is 6.61 Å². The Morgan fingerprint density at radius 1 is 1.20 bits per heavy atom. The van der Waals surface area contributed by atoms with Crippen molar-refractivity contribution in [3.63, 3.8) is 0 Å². The van der Waals surface area contributed by atoms with Gasteiger partial charge in [-0.15, -0.1) is 0 Å². The minimum absolute atomic E-state index is 0.342. The van der Waals surface area contributed by atoms with Crippen LogP contribution in [0.4, 0.5) is 0 Å². The molecule has 0 heterocycles. The van der Waals surface area contributed by atoms with Crippen LogP contribution in [-0.2, 0) is 16.8 Å². The van der Waals surface area contributed by atoms with Crippen LogP contribution in [0.5, 0.6) is 0 Å². The Bertz CT molecular complexity index is 292. The molecule has 0 fully saturated rings. The Morgan fingerprint density at radius 2 is 1.80 bits per heavy atom. The number of benzene rings is 1. The van der Waals surface area contributed by atoms with E-state index < -0.39 is 5.60 Å². The predicted molar refractivity (Wildman–Crippen MR) is 61.9 cm³/mol. The van der Waals surface area contributed by atoms with Gasteiger partial charge in [-0.2, -0.15) is 0 Å². The van der Waals surface area contributed by atoms with Gasteiger partial charge in [-0.3, -0.25) is 0 Å². The molecule has 0 saturated heterocycles. The Hall–Kier alpha value is -0.860. The van der Waals surface area contributed by atoms with Crippen LogP contribution in [0.2, 0.25) is 0 Å². The highest BCUT2D eigenvalue weighted by atomic mass is 16.5. The summed E-state index contributed by atoms with van der Waals surface area (Å²) in [5.74, 6) is 0. The zero-order valence-corrected chi connectivity index (χ0v) is 9.79. The quantitative estimate of drug-likeness (QED) is 0.805. The lowest BCUT2D eigenvalue weighted by Gasteiger charge is -2.26. The van der Waals surface area contributed by atoms with Gasteiger partial charge in [0.15, 0.2) is 0 Å². The topological polar surface area (TPSA) is 29.5 Å². The Kier molecular flexibility index (Phi) is 4.30. The first-order valence-corrected chi connectivity index (χ1v) is 5.47. The summed E-state index contributed by atoms with van der Waals surface area (Å²) in [5, 5.41) is 10.3. The molecule has 84 valence electrons. The molecule has 1 N–H and O–H groups in total. The number of ether oxygens (including phenoxy) is 1. The largest absolute Gasteiger partial charge is 0.383 e. The third-order valence-corrected chi connectivity index (χ3v) is 2.87. The molecule has 0 spiro atoms. The molecule has 1 atom stereocenters. The maximum absolute atomic E-state index is 10.3. The average Bonchev–Trinajstić information content (AvgIpc) is 2.29. The van der Waals surface area contributed by atoms with Crippen LogP contribution in [0.25, 0.3) is 0 Å².